The van der Waals surface area contributed by atoms with Gasteiger partial charge in [-0.1, -0.05) is 37.8 Å². The molecule has 0 aliphatic carbocycles. The molecule has 0 atom stereocenters. The van der Waals surface area contributed by atoms with Crippen molar-refractivity contribution in [2.75, 3.05) is 6.61 Å². The van der Waals surface area contributed by atoms with E-state index in [2.05, 4.69) is 37.8 Å². The maximum Gasteiger partial charge on any atom is 0.306 e. The first-order valence-electron chi connectivity index (χ1n) is 5.99. The standard InChI is InChI=1S/C15H20O2/c1-4-13-5-7-14(8-6-13)9-10-15(16)17-11-12(2)3/h5-8H,2,4,9-11H2,1,3H3. The molecule has 0 aliphatic heterocycles. The summed E-state index contributed by atoms with van der Waals surface area (Å²) in [5.74, 6) is -0.160. The Kier molecular flexibility index (Phi) is 5.47. The number of hydrogen-bond acceptors (Lipinski definition) is 2. The molecule has 1 aromatic rings. The molecule has 0 spiro atoms. The van der Waals surface area contributed by atoms with Gasteiger partial charge in [-0.2, -0.15) is 0 Å². The van der Waals surface area contributed by atoms with Crippen LogP contribution in [0.5, 0.6) is 0 Å². The molecular formula is C15H20O2. The zero-order chi connectivity index (χ0) is 12.7. The van der Waals surface area contributed by atoms with Crippen molar-refractivity contribution in [1.82, 2.24) is 0 Å². The molecule has 2 heteroatoms. The van der Waals surface area contributed by atoms with Crippen LogP contribution in [0, 0.1) is 0 Å². The fraction of sp³-hybridized carbons (Fsp3) is 0.400. The molecule has 0 N–H and O–H groups in total. The van der Waals surface area contributed by atoms with Gasteiger partial charge in [-0.25, -0.2) is 0 Å². The average molecular weight is 232 g/mol. The molecular weight excluding hydrogens is 212 g/mol. The van der Waals surface area contributed by atoms with Crippen molar-refractivity contribution in [3.63, 3.8) is 0 Å². The predicted octanol–water partition coefficient (Wildman–Crippen LogP) is 3.30. The molecule has 0 amide bonds. The maximum absolute atomic E-state index is 11.4. The van der Waals surface area contributed by atoms with Gasteiger partial charge in [0, 0.05) is 6.42 Å². The molecule has 0 unspecified atom stereocenters. The van der Waals surface area contributed by atoms with E-state index in [9.17, 15) is 4.79 Å². The molecule has 92 valence electrons. The average Bonchev–Trinajstić information content (AvgIpc) is 2.34. The summed E-state index contributed by atoms with van der Waals surface area (Å²) in [7, 11) is 0. The topological polar surface area (TPSA) is 26.3 Å². The number of hydrogen-bond donors (Lipinski definition) is 0. The van der Waals surface area contributed by atoms with Gasteiger partial charge in [-0.3, -0.25) is 4.79 Å². The number of benzene rings is 1. The largest absolute Gasteiger partial charge is 0.461 e. The molecule has 0 aliphatic rings. The van der Waals surface area contributed by atoms with Crippen LogP contribution < -0.4 is 0 Å². The third-order valence-corrected chi connectivity index (χ3v) is 2.53. The predicted molar refractivity (Wildman–Crippen MR) is 69.9 cm³/mol. The molecule has 0 fully saturated rings. The minimum atomic E-state index is -0.160. The smallest absolute Gasteiger partial charge is 0.306 e. The van der Waals surface area contributed by atoms with Gasteiger partial charge in [0.1, 0.15) is 6.61 Å². The van der Waals surface area contributed by atoms with Gasteiger partial charge in [0.15, 0.2) is 0 Å². The lowest BCUT2D eigenvalue weighted by molar-refractivity contribution is -0.142. The Labute approximate surface area is 103 Å². The van der Waals surface area contributed by atoms with Gasteiger partial charge in [-0.05, 0) is 36.5 Å². The number of ether oxygens (including phenoxy) is 1. The van der Waals surface area contributed by atoms with E-state index < -0.39 is 0 Å². The van der Waals surface area contributed by atoms with Crippen LogP contribution in [-0.2, 0) is 22.4 Å². The second-order valence-electron chi connectivity index (χ2n) is 4.29. The quantitative estimate of drug-likeness (QED) is 0.555. The van der Waals surface area contributed by atoms with Gasteiger partial charge in [0.05, 0.1) is 0 Å². The maximum atomic E-state index is 11.4. The summed E-state index contributed by atoms with van der Waals surface area (Å²) < 4.78 is 5.03. The van der Waals surface area contributed by atoms with Crippen LogP contribution in [0.4, 0.5) is 0 Å². The Balaban J connectivity index is 2.34. The Morgan fingerprint density at radius 1 is 1.24 bits per heavy atom. The Bertz CT molecular complexity index is 376. The number of esters is 1. The number of rotatable bonds is 6. The van der Waals surface area contributed by atoms with E-state index in [0.717, 1.165) is 18.4 Å². The number of aryl methyl sites for hydroxylation is 2. The normalized spacial score (nSPS) is 10.0. The van der Waals surface area contributed by atoms with Crippen LogP contribution in [0.25, 0.3) is 0 Å². The fourth-order valence-corrected chi connectivity index (χ4v) is 1.46. The SMILES string of the molecule is C=C(C)COC(=O)CCc1ccc(CC)cc1. The lowest BCUT2D eigenvalue weighted by Crippen LogP contribution is -2.07. The van der Waals surface area contributed by atoms with Crippen LogP contribution in [-0.4, -0.2) is 12.6 Å². The van der Waals surface area contributed by atoms with Gasteiger partial charge in [-0.15, -0.1) is 0 Å². The van der Waals surface area contributed by atoms with Crippen molar-refractivity contribution in [1.29, 1.82) is 0 Å². The summed E-state index contributed by atoms with van der Waals surface area (Å²) in [5, 5.41) is 0. The molecule has 0 bridgehead atoms. The highest BCUT2D eigenvalue weighted by atomic mass is 16.5. The van der Waals surface area contributed by atoms with E-state index in [0.29, 0.717) is 13.0 Å². The van der Waals surface area contributed by atoms with Crippen LogP contribution in [0.2, 0.25) is 0 Å². The van der Waals surface area contributed by atoms with E-state index in [1.807, 2.05) is 6.92 Å². The molecule has 1 aromatic carbocycles. The van der Waals surface area contributed by atoms with Crippen LogP contribution in [0.1, 0.15) is 31.4 Å². The Hall–Kier alpha value is -1.57. The zero-order valence-electron chi connectivity index (χ0n) is 10.7. The van der Waals surface area contributed by atoms with E-state index in [-0.39, 0.29) is 5.97 Å². The summed E-state index contributed by atoms with van der Waals surface area (Å²) in [6.45, 7) is 7.99. The molecule has 17 heavy (non-hydrogen) atoms. The Morgan fingerprint density at radius 3 is 2.35 bits per heavy atom. The van der Waals surface area contributed by atoms with E-state index in [1.54, 1.807) is 0 Å². The van der Waals surface area contributed by atoms with Crippen molar-refractivity contribution in [3.8, 4) is 0 Å². The number of carbonyl (C=O) groups is 1. The third-order valence-electron chi connectivity index (χ3n) is 2.53. The summed E-state index contributed by atoms with van der Waals surface area (Å²) >= 11 is 0. The zero-order valence-corrected chi connectivity index (χ0v) is 10.7. The second-order valence-corrected chi connectivity index (χ2v) is 4.29. The molecule has 0 radical (unpaired) electrons. The summed E-state index contributed by atoms with van der Waals surface area (Å²) in [6, 6.07) is 8.36. The van der Waals surface area contributed by atoms with Gasteiger partial charge in [0.2, 0.25) is 0 Å². The number of carbonyl (C=O) groups excluding carboxylic acids is 1. The van der Waals surface area contributed by atoms with E-state index >= 15 is 0 Å². The summed E-state index contributed by atoms with van der Waals surface area (Å²) in [5.41, 5.74) is 3.36. The minimum absolute atomic E-state index is 0.160. The lowest BCUT2D eigenvalue weighted by atomic mass is 10.1. The first kappa shape index (κ1) is 13.5. The van der Waals surface area contributed by atoms with Gasteiger partial charge >= 0.3 is 5.97 Å². The highest BCUT2D eigenvalue weighted by Crippen LogP contribution is 2.08. The highest BCUT2D eigenvalue weighted by molar-refractivity contribution is 5.69. The summed E-state index contributed by atoms with van der Waals surface area (Å²) in [4.78, 5) is 11.4. The first-order chi connectivity index (χ1) is 8.11. The van der Waals surface area contributed by atoms with Crippen LogP contribution in [0.15, 0.2) is 36.4 Å². The van der Waals surface area contributed by atoms with Gasteiger partial charge < -0.3 is 4.74 Å². The van der Waals surface area contributed by atoms with Gasteiger partial charge in [0.25, 0.3) is 0 Å². The molecule has 0 aromatic heterocycles. The Morgan fingerprint density at radius 2 is 1.82 bits per heavy atom. The van der Waals surface area contributed by atoms with Crippen LogP contribution >= 0.6 is 0 Å². The molecule has 2 nitrogen and oxygen atoms in total. The summed E-state index contributed by atoms with van der Waals surface area (Å²) in [6.07, 6.45) is 2.21. The molecule has 0 saturated carbocycles. The first-order valence-corrected chi connectivity index (χ1v) is 5.99. The van der Waals surface area contributed by atoms with Crippen LogP contribution in [0.3, 0.4) is 0 Å². The molecule has 0 heterocycles. The van der Waals surface area contributed by atoms with E-state index in [4.69, 9.17) is 4.74 Å². The third kappa shape index (κ3) is 5.34. The second kappa shape index (κ2) is 6.89. The van der Waals surface area contributed by atoms with Crippen molar-refractivity contribution >= 4 is 5.97 Å². The van der Waals surface area contributed by atoms with Crippen molar-refractivity contribution in [3.05, 3.63) is 47.5 Å². The van der Waals surface area contributed by atoms with Crippen molar-refractivity contribution < 1.29 is 9.53 Å². The molecule has 1 rings (SSSR count). The lowest BCUT2D eigenvalue weighted by Gasteiger charge is -2.05. The van der Waals surface area contributed by atoms with E-state index in [1.165, 1.54) is 11.1 Å². The molecule has 0 saturated heterocycles. The van der Waals surface area contributed by atoms with Crippen molar-refractivity contribution in [2.24, 2.45) is 0 Å². The van der Waals surface area contributed by atoms with Crippen molar-refractivity contribution in [2.45, 2.75) is 33.1 Å². The minimum Gasteiger partial charge on any atom is -0.461 e. The fourth-order valence-electron chi connectivity index (χ4n) is 1.46. The monoisotopic (exact) mass is 232 g/mol. The highest BCUT2D eigenvalue weighted by Gasteiger charge is 2.03.